The Kier molecular flexibility index (Phi) is 3.40. The summed E-state index contributed by atoms with van der Waals surface area (Å²) in [6, 6.07) is 8.33. The molecule has 0 atom stereocenters. The van der Waals surface area contributed by atoms with E-state index >= 15 is 0 Å². The molecule has 2 heterocycles. The maximum Gasteiger partial charge on any atom is 0.235 e. The average Bonchev–Trinajstić information content (AvgIpc) is 2.98. The van der Waals surface area contributed by atoms with Crippen molar-refractivity contribution in [3.05, 3.63) is 57.4 Å². The number of halogens is 1. The van der Waals surface area contributed by atoms with E-state index in [4.69, 9.17) is 4.74 Å². The molecule has 0 saturated heterocycles. The first-order valence-corrected chi connectivity index (χ1v) is 8.41. The first-order chi connectivity index (χ1) is 11.9. The normalized spacial score (nSPS) is 15.0. The SMILES string of the molecule is Cc1c(C=C2Oc3cc(O)cc(O)c3C2=O)c2cccc(Br)c2n1C. The topological polar surface area (TPSA) is 71.7 Å². The number of ketones is 1. The monoisotopic (exact) mass is 399 g/mol. The van der Waals surface area contributed by atoms with Crippen molar-refractivity contribution in [3.63, 3.8) is 0 Å². The van der Waals surface area contributed by atoms with Crippen LogP contribution in [0.15, 0.2) is 40.6 Å². The Labute approximate surface area is 151 Å². The molecule has 0 bridgehead atoms. The molecule has 0 fully saturated rings. The second-order valence-electron chi connectivity index (χ2n) is 5.97. The standard InChI is InChI=1S/C19H14BrNO4/c1-9-12(11-4-3-5-13(20)18(11)21(9)2)8-16-19(24)17-14(23)6-10(22)7-15(17)25-16/h3-8,22-23H,1-2H3. The summed E-state index contributed by atoms with van der Waals surface area (Å²) in [5, 5.41) is 20.5. The van der Waals surface area contributed by atoms with Gasteiger partial charge in [-0.15, -0.1) is 0 Å². The predicted octanol–water partition coefficient (Wildman–Crippen LogP) is 4.28. The highest BCUT2D eigenvalue weighted by atomic mass is 79.9. The largest absolute Gasteiger partial charge is 0.508 e. The van der Waals surface area contributed by atoms with E-state index in [9.17, 15) is 15.0 Å². The van der Waals surface area contributed by atoms with Crippen LogP contribution in [0.4, 0.5) is 0 Å². The molecule has 6 heteroatoms. The third-order valence-electron chi connectivity index (χ3n) is 4.52. The maximum atomic E-state index is 12.6. The zero-order chi connectivity index (χ0) is 17.9. The summed E-state index contributed by atoms with van der Waals surface area (Å²) in [7, 11) is 1.96. The number of phenolic OH excluding ortho intramolecular Hbond substituents is 2. The van der Waals surface area contributed by atoms with E-state index in [1.807, 2.05) is 36.7 Å². The number of para-hydroxylation sites is 1. The molecule has 3 aromatic rings. The molecule has 0 radical (unpaired) electrons. The van der Waals surface area contributed by atoms with Crippen molar-refractivity contribution in [1.29, 1.82) is 0 Å². The van der Waals surface area contributed by atoms with Crippen LogP contribution < -0.4 is 4.74 Å². The van der Waals surface area contributed by atoms with E-state index in [0.29, 0.717) is 0 Å². The first kappa shape index (κ1) is 15.8. The number of carbonyl (C=O) groups excluding carboxylic acids is 1. The Bertz CT molecular complexity index is 1090. The van der Waals surface area contributed by atoms with Gasteiger partial charge in [-0.1, -0.05) is 12.1 Å². The molecule has 0 spiro atoms. The third kappa shape index (κ3) is 2.25. The molecule has 126 valence electrons. The van der Waals surface area contributed by atoms with Crippen LogP contribution in [-0.2, 0) is 7.05 Å². The molecule has 0 saturated carbocycles. The molecule has 2 aromatic carbocycles. The Balaban J connectivity index is 1.90. The van der Waals surface area contributed by atoms with Gasteiger partial charge in [0, 0.05) is 40.3 Å². The fraction of sp³-hybridized carbons (Fsp3) is 0.105. The highest BCUT2D eigenvalue weighted by Crippen LogP contribution is 2.41. The Morgan fingerprint density at radius 1 is 1.24 bits per heavy atom. The molecule has 4 rings (SSSR count). The number of rotatable bonds is 1. The van der Waals surface area contributed by atoms with Crippen molar-refractivity contribution in [2.45, 2.75) is 6.92 Å². The molecule has 25 heavy (non-hydrogen) atoms. The molecule has 1 aliphatic rings. The van der Waals surface area contributed by atoms with Gasteiger partial charge in [-0.25, -0.2) is 0 Å². The lowest BCUT2D eigenvalue weighted by molar-refractivity contribution is 0.101. The van der Waals surface area contributed by atoms with E-state index in [1.165, 1.54) is 6.07 Å². The second-order valence-corrected chi connectivity index (χ2v) is 6.83. The summed E-state index contributed by atoms with van der Waals surface area (Å²) in [6.45, 7) is 1.97. The van der Waals surface area contributed by atoms with E-state index in [2.05, 4.69) is 15.9 Å². The van der Waals surface area contributed by atoms with Gasteiger partial charge in [0.2, 0.25) is 5.78 Å². The maximum absolute atomic E-state index is 12.6. The molecule has 2 N–H and O–H groups in total. The molecule has 0 aliphatic carbocycles. The molecule has 5 nitrogen and oxygen atoms in total. The zero-order valence-corrected chi connectivity index (χ0v) is 15.1. The molecule has 1 aromatic heterocycles. The van der Waals surface area contributed by atoms with Gasteiger partial charge in [0.15, 0.2) is 5.76 Å². The predicted molar refractivity (Wildman–Crippen MR) is 98.1 cm³/mol. The number of ether oxygens (including phenoxy) is 1. The lowest BCUT2D eigenvalue weighted by Crippen LogP contribution is -1.99. The van der Waals surface area contributed by atoms with Crippen LogP contribution in [0.1, 0.15) is 21.6 Å². The van der Waals surface area contributed by atoms with E-state index in [1.54, 1.807) is 6.08 Å². The summed E-state index contributed by atoms with van der Waals surface area (Å²) in [5.41, 5.74) is 2.95. The fourth-order valence-corrected chi connectivity index (χ4v) is 3.84. The van der Waals surface area contributed by atoms with E-state index in [-0.39, 0.29) is 28.6 Å². The number of hydrogen-bond donors (Lipinski definition) is 2. The lowest BCUT2D eigenvalue weighted by Gasteiger charge is -2.01. The van der Waals surface area contributed by atoms with Gasteiger partial charge >= 0.3 is 0 Å². The number of hydrogen-bond acceptors (Lipinski definition) is 4. The lowest BCUT2D eigenvalue weighted by atomic mass is 10.1. The number of aryl methyl sites for hydroxylation is 1. The highest BCUT2D eigenvalue weighted by Gasteiger charge is 2.31. The first-order valence-electron chi connectivity index (χ1n) is 7.62. The van der Waals surface area contributed by atoms with Gasteiger partial charge in [0.05, 0.1) is 5.52 Å². The van der Waals surface area contributed by atoms with Crippen LogP contribution >= 0.6 is 15.9 Å². The van der Waals surface area contributed by atoms with Gasteiger partial charge in [-0.3, -0.25) is 4.79 Å². The Morgan fingerprint density at radius 2 is 2.00 bits per heavy atom. The van der Waals surface area contributed by atoms with Gasteiger partial charge in [0.25, 0.3) is 0 Å². The number of fused-ring (bicyclic) bond motifs is 2. The summed E-state index contributed by atoms with van der Waals surface area (Å²) >= 11 is 3.56. The number of carbonyl (C=O) groups is 1. The molecule has 0 unspecified atom stereocenters. The quantitative estimate of drug-likeness (QED) is 0.599. The third-order valence-corrected chi connectivity index (χ3v) is 5.16. The van der Waals surface area contributed by atoms with Crippen LogP contribution in [-0.4, -0.2) is 20.6 Å². The number of nitrogens with zero attached hydrogens (tertiary/aromatic N) is 1. The second kappa shape index (κ2) is 5.39. The molecule has 0 amide bonds. The summed E-state index contributed by atoms with van der Waals surface area (Å²) < 4.78 is 8.60. The van der Waals surface area contributed by atoms with E-state index in [0.717, 1.165) is 32.7 Å². The number of phenols is 2. The van der Waals surface area contributed by atoms with Gasteiger partial charge in [-0.2, -0.15) is 0 Å². The Morgan fingerprint density at radius 3 is 2.76 bits per heavy atom. The minimum absolute atomic E-state index is 0.0723. The smallest absolute Gasteiger partial charge is 0.235 e. The molecule has 1 aliphatic heterocycles. The summed E-state index contributed by atoms with van der Waals surface area (Å²) in [5.74, 6) is -0.574. The van der Waals surface area contributed by atoms with Gasteiger partial charge in [0.1, 0.15) is 22.8 Å². The van der Waals surface area contributed by atoms with Crippen LogP contribution in [0.3, 0.4) is 0 Å². The number of Topliss-reactive ketones (excluding diaryl/α,β-unsaturated/α-hetero) is 1. The van der Waals surface area contributed by atoms with Gasteiger partial charge < -0.3 is 19.5 Å². The van der Waals surface area contributed by atoms with Crippen LogP contribution in [0, 0.1) is 6.92 Å². The van der Waals surface area contributed by atoms with Crippen molar-refractivity contribution in [2.75, 3.05) is 0 Å². The number of aromatic hydroxyl groups is 2. The van der Waals surface area contributed by atoms with Crippen LogP contribution in [0.5, 0.6) is 17.2 Å². The molecular weight excluding hydrogens is 386 g/mol. The van der Waals surface area contributed by atoms with Crippen molar-refractivity contribution in [2.24, 2.45) is 7.05 Å². The van der Waals surface area contributed by atoms with Crippen molar-refractivity contribution in [1.82, 2.24) is 4.57 Å². The minimum Gasteiger partial charge on any atom is -0.508 e. The fourth-order valence-electron chi connectivity index (χ4n) is 3.21. The summed E-state index contributed by atoms with van der Waals surface area (Å²) in [6.07, 6.45) is 1.68. The number of allylic oxidation sites excluding steroid dienone is 1. The van der Waals surface area contributed by atoms with E-state index < -0.39 is 5.78 Å². The summed E-state index contributed by atoms with van der Waals surface area (Å²) in [4.78, 5) is 12.6. The van der Waals surface area contributed by atoms with Crippen LogP contribution in [0.25, 0.3) is 17.0 Å². The van der Waals surface area contributed by atoms with Crippen molar-refractivity contribution >= 4 is 38.7 Å². The highest BCUT2D eigenvalue weighted by molar-refractivity contribution is 9.10. The van der Waals surface area contributed by atoms with Crippen molar-refractivity contribution in [3.8, 4) is 17.2 Å². The minimum atomic E-state index is -0.404. The van der Waals surface area contributed by atoms with Gasteiger partial charge in [-0.05, 0) is 35.0 Å². The zero-order valence-electron chi connectivity index (χ0n) is 13.5. The van der Waals surface area contributed by atoms with Crippen molar-refractivity contribution < 1.29 is 19.7 Å². The average molecular weight is 400 g/mol. The number of benzene rings is 2. The molecular formula is C19H14BrNO4. The Hall–Kier alpha value is -2.73. The van der Waals surface area contributed by atoms with Crippen LogP contribution in [0.2, 0.25) is 0 Å². The number of aromatic nitrogens is 1.